The third-order valence-corrected chi connectivity index (χ3v) is 14.3. The molecule has 0 aliphatic rings. The maximum atomic E-state index is 12.9. The average Bonchev–Trinajstić information content (AvgIpc) is 3.45. The second kappa shape index (κ2) is 66.6. The van der Waals surface area contributed by atoms with Crippen molar-refractivity contribution in [1.82, 2.24) is 0 Å². The Morgan fingerprint density at radius 2 is 0.494 bits per heavy atom. The van der Waals surface area contributed by atoms with Crippen molar-refractivity contribution >= 4 is 17.9 Å². The Morgan fingerprint density at radius 1 is 0.266 bits per heavy atom. The molecule has 0 aromatic rings. The number of rotatable bonds is 60. The summed E-state index contributed by atoms with van der Waals surface area (Å²) in [5.74, 6) is -0.905. The molecule has 0 aromatic carbocycles. The zero-order valence-electron chi connectivity index (χ0n) is 51.9. The van der Waals surface area contributed by atoms with Crippen LogP contribution in [0.15, 0.2) is 109 Å². The summed E-state index contributed by atoms with van der Waals surface area (Å²) in [6.07, 6.45) is 91.0. The summed E-state index contributed by atoms with van der Waals surface area (Å²) < 4.78 is 17.0. The van der Waals surface area contributed by atoms with E-state index >= 15 is 0 Å². The van der Waals surface area contributed by atoms with Crippen molar-refractivity contribution in [3.63, 3.8) is 0 Å². The molecule has 79 heavy (non-hydrogen) atoms. The van der Waals surface area contributed by atoms with Gasteiger partial charge in [-0.25, -0.2) is 0 Å². The van der Waals surface area contributed by atoms with Crippen LogP contribution >= 0.6 is 0 Å². The minimum absolute atomic E-state index is 0.0879. The van der Waals surface area contributed by atoms with Crippen molar-refractivity contribution < 1.29 is 28.6 Å². The molecule has 0 rings (SSSR count). The number of unbranched alkanes of at least 4 members (excludes halogenated alkanes) is 31. The monoisotopic (exact) mass is 1100 g/mol. The van der Waals surface area contributed by atoms with Crippen molar-refractivity contribution in [2.45, 2.75) is 322 Å². The van der Waals surface area contributed by atoms with Gasteiger partial charge in [0.1, 0.15) is 13.2 Å². The van der Waals surface area contributed by atoms with Gasteiger partial charge in [-0.3, -0.25) is 14.4 Å². The van der Waals surface area contributed by atoms with Crippen LogP contribution in [0.2, 0.25) is 0 Å². The molecule has 0 saturated carbocycles. The van der Waals surface area contributed by atoms with Crippen LogP contribution in [0.5, 0.6) is 0 Å². The lowest BCUT2D eigenvalue weighted by Gasteiger charge is -2.18. The van der Waals surface area contributed by atoms with Gasteiger partial charge in [0.2, 0.25) is 0 Å². The van der Waals surface area contributed by atoms with E-state index in [9.17, 15) is 14.4 Å². The average molecular weight is 1100 g/mol. The number of allylic oxidation sites excluding steroid dienone is 18. The van der Waals surface area contributed by atoms with E-state index < -0.39 is 6.10 Å². The highest BCUT2D eigenvalue weighted by molar-refractivity contribution is 5.71. The smallest absolute Gasteiger partial charge is 0.306 e. The Kier molecular flexibility index (Phi) is 63.3. The molecule has 0 bridgehead atoms. The van der Waals surface area contributed by atoms with Crippen LogP contribution in [0, 0.1) is 0 Å². The first-order valence-electron chi connectivity index (χ1n) is 33.4. The van der Waals surface area contributed by atoms with Crippen molar-refractivity contribution in [3.05, 3.63) is 109 Å². The number of carbonyl (C=O) groups is 3. The van der Waals surface area contributed by atoms with E-state index in [1.807, 2.05) is 0 Å². The summed E-state index contributed by atoms with van der Waals surface area (Å²) in [6.45, 7) is 6.42. The topological polar surface area (TPSA) is 78.9 Å². The molecule has 6 nitrogen and oxygen atoms in total. The third kappa shape index (κ3) is 64.8. The molecule has 1 unspecified atom stereocenters. The van der Waals surface area contributed by atoms with E-state index in [0.29, 0.717) is 19.3 Å². The predicted octanol–water partition coefficient (Wildman–Crippen LogP) is 23.0. The summed E-state index contributed by atoms with van der Waals surface area (Å²) in [6, 6.07) is 0. The molecular formula is C73H124O6. The van der Waals surface area contributed by atoms with Crippen LogP contribution in [0.1, 0.15) is 316 Å². The van der Waals surface area contributed by atoms with Gasteiger partial charge in [0.25, 0.3) is 0 Å². The number of esters is 3. The molecule has 0 spiro atoms. The second-order valence-corrected chi connectivity index (χ2v) is 22.0. The zero-order valence-corrected chi connectivity index (χ0v) is 51.9. The van der Waals surface area contributed by atoms with Crippen molar-refractivity contribution in [1.29, 1.82) is 0 Å². The Bertz CT molecular complexity index is 1590. The van der Waals surface area contributed by atoms with Crippen LogP contribution in [0.4, 0.5) is 0 Å². The van der Waals surface area contributed by atoms with E-state index in [0.717, 1.165) is 135 Å². The summed E-state index contributed by atoms with van der Waals surface area (Å²) in [4.78, 5) is 38.4. The SMILES string of the molecule is CC/C=C\C/C=C\C/C=C\C/C=C\C/C=C\CCCCCCCCCCCC(=O)OCC(COC(=O)CCCCCC/C=C\C/C=C\C/C=C\C/C=C\CC)OC(=O)CCCCCCCCCCCCCCCCCCCCC. The lowest BCUT2D eigenvalue weighted by atomic mass is 10.0. The molecule has 0 aliphatic heterocycles. The van der Waals surface area contributed by atoms with Crippen molar-refractivity contribution in [2.24, 2.45) is 0 Å². The van der Waals surface area contributed by atoms with Gasteiger partial charge in [-0.1, -0.05) is 304 Å². The molecule has 0 radical (unpaired) electrons. The summed E-state index contributed by atoms with van der Waals surface area (Å²) >= 11 is 0. The Hall–Kier alpha value is -3.93. The summed E-state index contributed by atoms with van der Waals surface area (Å²) in [7, 11) is 0. The van der Waals surface area contributed by atoms with Gasteiger partial charge in [0, 0.05) is 19.3 Å². The fraction of sp³-hybridized carbons (Fsp3) is 0.712. The summed E-state index contributed by atoms with van der Waals surface area (Å²) in [5, 5.41) is 0. The van der Waals surface area contributed by atoms with E-state index in [4.69, 9.17) is 14.2 Å². The highest BCUT2D eigenvalue weighted by Crippen LogP contribution is 2.17. The molecule has 0 aliphatic carbocycles. The van der Waals surface area contributed by atoms with Gasteiger partial charge < -0.3 is 14.2 Å². The molecule has 0 aromatic heterocycles. The largest absolute Gasteiger partial charge is 0.462 e. The Balaban J connectivity index is 4.39. The van der Waals surface area contributed by atoms with E-state index in [1.165, 1.54) is 141 Å². The minimum Gasteiger partial charge on any atom is -0.462 e. The van der Waals surface area contributed by atoms with Gasteiger partial charge in [-0.15, -0.1) is 0 Å². The lowest BCUT2D eigenvalue weighted by Crippen LogP contribution is -2.30. The number of ether oxygens (including phenoxy) is 3. The quantitative estimate of drug-likeness (QED) is 0.0261. The molecular weight excluding hydrogens is 973 g/mol. The van der Waals surface area contributed by atoms with E-state index in [2.05, 4.69) is 130 Å². The van der Waals surface area contributed by atoms with E-state index in [-0.39, 0.29) is 31.1 Å². The molecule has 452 valence electrons. The normalized spacial score (nSPS) is 12.8. The van der Waals surface area contributed by atoms with Crippen LogP contribution in [-0.4, -0.2) is 37.2 Å². The Morgan fingerprint density at radius 3 is 0.772 bits per heavy atom. The Labute approximate surface area is 489 Å². The van der Waals surface area contributed by atoms with Crippen LogP contribution < -0.4 is 0 Å². The van der Waals surface area contributed by atoms with E-state index in [1.54, 1.807) is 0 Å². The number of hydrogen-bond acceptors (Lipinski definition) is 6. The molecule has 0 heterocycles. The van der Waals surface area contributed by atoms with Gasteiger partial charge in [0.05, 0.1) is 0 Å². The first kappa shape index (κ1) is 75.1. The fourth-order valence-corrected chi connectivity index (χ4v) is 9.35. The molecule has 0 saturated heterocycles. The van der Waals surface area contributed by atoms with Crippen LogP contribution in [0.25, 0.3) is 0 Å². The standard InChI is InChI=1S/C73H124O6/c1-4-7-10-13-16-19-22-25-28-31-33-34-35-36-37-38-40-42-45-48-51-54-57-60-63-66-72(75)78-69-70(68-77-71(74)65-62-59-56-53-50-47-44-41-30-27-24-21-18-15-12-9-6-3)79-73(76)67-64-61-58-55-52-49-46-43-39-32-29-26-23-20-17-14-11-8-5-2/h7,9-10,12,16,18-19,21,25,27-28,30,33-34,36-37,44,47,70H,4-6,8,11,13-15,17,20,22-24,26,29,31-32,35,38-43,45-46,48-69H2,1-3H3/b10-7-,12-9-,19-16-,21-18-,28-25-,30-27-,34-33-,37-36-,47-44-. The molecule has 0 amide bonds. The highest BCUT2D eigenvalue weighted by atomic mass is 16.6. The number of hydrogen-bond donors (Lipinski definition) is 0. The highest BCUT2D eigenvalue weighted by Gasteiger charge is 2.19. The molecule has 1 atom stereocenters. The maximum Gasteiger partial charge on any atom is 0.306 e. The van der Waals surface area contributed by atoms with Crippen molar-refractivity contribution in [3.8, 4) is 0 Å². The van der Waals surface area contributed by atoms with Gasteiger partial charge in [0.15, 0.2) is 6.10 Å². The van der Waals surface area contributed by atoms with Gasteiger partial charge in [-0.05, 0) is 103 Å². The predicted molar refractivity (Wildman–Crippen MR) is 343 cm³/mol. The molecule has 0 N–H and O–H groups in total. The minimum atomic E-state index is -0.793. The zero-order chi connectivity index (χ0) is 57.1. The molecule has 0 fully saturated rings. The van der Waals surface area contributed by atoms with Crippen LogP contribution in [-0.2, 0) is 28.6 Å². The fourth-order valence-electron chi connectivity index (χ4n) is 9.35. The summed E-state index contributed by atoms with van der Waals surface area (Å²) in [5.41, 5.74) is 0. The maximum absolute atomic E-state index is 12.9. The van der Waals surface area contributed by atoms with Crippen LogP contribution in [0.3, 0.4) is 0 Å². The lowest BCUT2D eigenvalue weighted by molar-refractivity contribution is -0.167. The number of carbonyl (C=O) groups excluding carboxylic acids is 3. The third-order valence-electron chi connectivity index (χ3n) is 14.3. The van der Waals surface area contributed by atoms with Gasteiger partial charge >= 0.3 is 17.9 Å². The van der Waals surface area contributed by atoms with Crippen molar-refractivity contribution in [2.75, 3.05) is 13.2 Å². The second-order valence-electron chi connectivity index (χ2n) is 22.0. The first-order valence-corrected chi connectivity index (χ1v) is 33.4. The van der Waals surface area contributed by atoms with Gasteiger partial charge in [-0.2, -0.15) is 0 Å². The molecule has 6 heteroatoms. The first-order chi connectivity index (χ1) is 39.0.